The van der Waals surface area contributed by atoms with E-state index >= 15 is 0 Å². The molecule has 0 bridgehead atoms. The van der Waals surface area contributed by atoms with Crippen molar-refractivity contribution in [2.24, 2.45) is 4.99 Å². The van der Waals surface area contributed by atoms with E-state index in [0.717, 1.165) is 48.9 Å². The van der Waals surface area contributed by atoms with Crippen molar-refractivity contribution in [1.82, 2.24) is 10.2 Å². The van der Waals surface area contributed by atoms with Crippen molar-refractivity contribution >= 4 is 6.21 Å². The molecule has 1 unspecified atom stereocenters. The van der Waals surface area contributed by atoms with Crippen LogP contribution in [0.15, 0.2) is 46.7 Å². The number of para-hydroxylation sites is 1. The molecule has 0 amide bonds. The molecule has 5 heteroatoms. The van der Waals surface area contributed by atoms with Gasteiger partial charge in [0.1, 0.15) is 5.82 Å². The normalized spacial score (nSPS) is 19.2. The molecule has 0 aliphatic carbocycles. The van der Waals surface area contributed by atoms with Crippen LogP contribution in [-0.2, 0) is 6.54 Å². The number of benzene rings is 1. The van der Waals surface area contributed by atoms with Crippen molar-refractivity contribution < 1.29 is 9.47 Å². The highest BCUT2D eigenvalue weighted by Crippen LogP contribution is 2.35. The Kier molecular flexibility index (Phi) is 7.54. The van der Waals surface area contributed by atoms with Crippen LogP contribution in [-0.4, -0.2) is 37.0 Å². The fourth-order valence-corrected chi connectivity index (χ4v) is 3.72. The molecule has 0 radical (unpaired) electrons. The van der Waals surface area contributed by atoms with Crippen molar-refractivity contribution in [3.63, 3.8) is 0 Å². The fourth-order valence-electron chi connectivity index (χ4n) is 3.72. The van der Waals surface area contributed by atoms with Gasteiger partial charge in [0.25, 0.3) is 0 Å². The van der Waals surface area contributed by atoms with Crippen LogP contribution in [0.1, 0.15) is 52.0 Å². The molecule has 3 heterocycles. The average Bonchev–Trinajstić information content (AvgIpc) is 3.11. The Labute approximate surface area is 169 Å². The van der Waals surface area contributed by atoms with E-state index in [1.165, 1.54) is 24.8 Å². The summed E-state index contributed by atoms with van der Waals surface area (Å²) in [5.74, 6) is 2.84. The standard InChI is InChI=1S/C21H27N3O2.C2H6/c1-16(23-14-18-6-5-7-19-21(18)26-15-25-19)17-8-9-20(22-11-10-17)24-12-3-2-4-13-24;1-2/h5-7,9-11,16,23H,2-4,8,12-15H2,1H3;1-2H3. The number of rotatable bonds is 5. The number of allylic oxidation sites excluding steroid dienone is 2. The number of likely N-dealkylation sites (tertiary alicyclic amines) is 1. The molecule has 1 atom stereocenters. The molecule has 3 aliphatic rings. The van der Waals surface area contributed by atoms with Crippen LogP contribution in [0.4, 0.5) is 0 Å². The predicted octanol–water partition coefficient (Wildman–Crippen LogP) is 4.65. The number of hydrogen-bond acceptors (Lipinski definition) is 5. The summed E-state index contributed by atoms with van der Waals surface area (Å²) < 4.78 is 11.1. The fraction of sp³-hybridized carbons (Fsp3) is 0.522. The molecular formula is C23H33N3O2. The zero-order valence-corrected chi connectivity index (χ0v) is 17.4. The lowest BCUT2D eigenvalue weighted by atomic mass is 10.0. The second kappa shape index (κ2) is 10.3. The zero-order valence-electron chi connectivity index (χ0n) is 17.4. The van der Waals surface area contributed by atoms with Crippen molar-refractivity contribution in [2.75, 3.05) is 19.9 Å². The first kappa shape index (κ1) is 20.5. The van der Waals surface area contributed by atoms with Crippen molar-refractivity contribution in [2.45, 2.75) is 59.0 Å². The molecule has 152 valence electrons. The largest absolute Gasteiger partial charge is 0.454 e. The first-order valence-electron chi connectivity index (χ1n) is 10.6. The number of ether oxygens (including phenoxy) is 2. The van der Waals surface area contributed by atoms with Crippen LogP contribution >= 0.6 is 0 Å². The molecule has 3 aliphatic heterocycles. The minimum Gasteiger partial charge on any atom is -0.454 e. The molecule has 1 saturated heterocycles. The molecule has 5 nitrogen and oxygen atoms in total. The molecule has 1 aromatic rings. The molecule has 28 heavy (non-hydrogen) atoms. The Morgan fingerprint density at radius 1 is 1.14 bits per heavy atom. The summed E-state index contributed by atoms with van der Waals surface area (Å²) >= 11 is 0. The Bertz CT molecular complexity index is 733. The Morgan fingerprint density at radius 2 is 1.96 bits per heavy atom. The second-order valence-corrected chi connectivity index (χ2v) is 7.09. The van der Waals surface area contributed by atoms with Crippen LogP contribution < -0.4 is 14.8 Å². The summed E-state index contributed by atoms with van der Waals surface area (Å²) in [6.45, 7) is 9.54. The number of aliphatic imine (C=N–C) groups is 1. The smallest absolute Gasteiger partial charge is 0.231 e. The molecular weight excluding hydrogens is 350 g/mol. The van der Waals surface area contributed by atoms with Gasteiger partial charge in [0, 0.05) is 37.5 Å². The highest BCUT2D eigenvalue weighted by Gasteiger charge is 2.18. The summed E-state index contributed by atoms with van der Waals surface area (Å²) in [6.07, 6.45) is 11.2. The monoisotopic (exact) mass is 383 g/mol. The van der Waals surface area contributed by atoms with Gasteiger partial charge in [0.2, 0.25) is 6.79 Å². The third kappa shape index (κ3) is 4.96. The first-order chi connectivity index (χ1) is 13.8. The molecule has 4 rings (SSSR count). The summed E-state index contributed by atoms with van der Waals surface area (Å²) in [5.41, 5.74) is 2.49. The van der Waals surface area contributed by atoms with Crippen LogP contribution in [0.3, 0.4) is 0 Å². The van der Waals surface area contributed by atoms with Gasteiger partial charge < -0.3 is 19.7 Å². The van der Waals surface area contributed by atoms with Crippen LogP contribution in [0.5, 0.6) is 11.5 Å². The van der Waals surface area contributed by atoms with Gasteiger partial charge in [-0.15, -0.1) is 0 Å². The van der Waals surface area contributed by atoms with Crippen LogP contribution in [0.25, 0.3) is 0 Å². The predicted molar refractivity (Wildman–Crippen MR) is 115 cm³/mol. The van der Waals surface area contributed by atoms with E-state index in [1.54, 1.807) is 0 Å². The SMILES string of the molecule is CC.CC(NCc1cccc2c1OCO2)C1=CC=NC(N2CCCCC2)=CC1. The number of hydrogen-bond donors (Lipinski definition) is 1. The van der Waals surface area contributed by atoms with Crippen LogP contribution in [0, 0.1) is 0 Å². The van der Waals surface area contributed by atoms with Gasteiger partial charge in [-0.3, -0.25) is 0 Å². The van der Waals surface area contributed by atoms with Gasteiger partial charge in [-0.25, -0.2) is 4.99 Å². The molecule has 0 spiro atoms. The molecule has 1 aromatic carbocycles. The van der Waals surface area contributed by atoms with E-state index < -0.39 is 0 Å². The maximum absolute atomic E-state index is 5.60. The Morgan fingerprint density at radius 3 is 2.79 bits per heavy atom. The van der Waals surface area contributed by atoms with E-state index in [0.29, 0.717) is 6.79 Å². The van der Waals surface area contributed by atoms with E-state index in [-0.39, 0.29) is 6.04 Å². The first-order valence-corrected chi connectivity index (χ1v) is 10.6. The quantitative estimate of drug-likeness (QED) is 0.804. The molecule has 0 saturated carbocycles. The summed E-state index contributed by atoms with van der Waals surface area (Å²) in [6, 6.07) is 6.33. The summed E-state index contributed by atoms with van der Waals surface area (Å²) in [7, 11) is 0. The Hall–Kier alpha value is -2.27. The lowest BCUT2D eigenvalue weighted by molar-refractivity contribution is 0.173. The van der Waals surface area contributed by atoms with E-state index in [9.17, 15) is 0 Å². The third-order valence-electron chi connectivity index (χ3n) is 5.33. The molecule has 0 aromatic heterocycles. The summed E-state index contributed by atoms with van der Waals surface area (Å²) in [4.78, 5) is 7.08. The van der Waals surface area contributed by atoms with E-state index in [2.05, 4.69) is 40.4 Å². The number of nitrogens with one attached hydrogen (secondary N) is 1. The number of nitrogens with zero attached hydrogens (tertiary/aromatic N) is 2. The van der Waals surface area contributed by atoms with Crippen molar-refractivity contribution in [1.29, 1.82) is 0 Å². The van der Waals surface area contributed by atoms with Gasteiger partial charge in [-0.05, 0) is 56.4 Å². The van der Waals surface area contributed by atoms with Gasteiger partial charge >= 0.3 is 0 Å². The van der Waals surface area contributed by atoms with Gasteiger partial charge in [-0.2, -0.15) is 0 Å². The molecule has 1 fully saturated rings. The Balaban J connectivity index is 0.00000109. The minimum atomic E-state index is 0.275. The minimum absolute atomic E-state index is 0.275. The zero-order chi connectivity index (χ0) is 19.8. The van der Waals surface area contributed by atoms with E-state index in [4.69, 9.17) is 9.47 Å². The second-order valence-electron chi connectivity index (χ2n) is 7.09. The van der Waals surface area contributed by atoms with Gasteiger partial charge in [0.15, 0.2) is 11.5 Å². The lowest BCUT2D eigenvalue weighted by Crippen LogP contribution is -2.28. The van der Waals surface area contributed by atoms with Gasteiger partial charge in [0.05, 0.1) is 0 Å². The lowest BCUT2D eigenvalue weighted by Gasteiger charge is -2.28. The highest BCUT2D eigenvalue weighted by molar-refractivity contribution is 5.74. The maximum atomic E-state index is 5.60. The van der Waals surface area contributed by atoms with E-state index in [1.807, 2.05) is 32.2 Å². The number of fused-ring (bicyclic) bond motifs is 1. The molecule has 1 N–H and O–H groups in total. The average molecular weight is 384 g/mol. The maximum Gasteiger partial charge on any atom is 0.231 e. The van der Waals surface area contributed by atoms with Crippen molar-refractivity contribution in [3.8, 4) is 11.5 Å². The third-order valence-corrected chi connectivity index (χ3v) is 5.33. The topological polar surface area (TPSA) is 46.1 Å². The highest BCUT2D eigenvalue weighted by atomic mass is 16.7. The van der Waals surface area contributed by atoms with Crippen LogP contribution in [0.2, 0.25) is 0 Å². The van der Waals surface area contributed by atoms with Gasteiger partial charge in [-0.1, -0.05) is 26.0 Å². The van der Waals surface area contributed by atoms with Crippen molar-refractivity contribution in [3.05, 3.63) is 47.3 Å². The summed E-state index contributed by atoms with van der Waals surface area (Å²) in [5, 5.41) is 3.61. The number of piperidine rings is 1.